The van der Waals surface area contributed by atoms with E-state index in [0.29, 0.717) is 0 Å². The van der Waals surface area contributed by atoms with Gasteiger partial charge in [-0.1, -0.05) is 17.7 Å². The minimum Gasteiger partial charge on any atom is -0.481 e. The Labute approximate surface area is 124 Å². The molecule has 0 spiro atoms. The Kier molecular flexibility index (Phi) is 6.07. The number of ether oxygens (including phenoxy) is 1. The first-order chi connectivity index (χ1) is 9.86. The lowest BCUT2D eigenvalue weighted by atomic mass is 10.1. The van der Waals surface area contributed by atoms with E-state index in [0.717, 1.165) is 6.07 Å². The van der Waals surface area contributed by atoms with Gasteiger partial charge in [0.05, 0.1) is 22.5 Å². The van der Waals surface area contributed by atoms with Crippen LogP contribution in [-0.4, -0.2) is 41.7 Å². The molecule has 8 nitrogen and oxygen atoms in total. The Bertz CT molecular complexity index is 563. The van der Waals surface area contributed by atoms with Crippen molar-refractivity contribution in [3.8, 4) is 0 Å². The lowest BCUT2D eigenvalue weighted by Crippen LogP contribution is -2.34. The van der Waals surface area contributed by atoms with Crippen LogP contribution in [0.5, 0.6) is 0 Å². The topological polar surface area (TPSA) is 119 Å². The molecule has 1 rings (SSSR count). The van der Waals surface area contributed by atoms with E-state index in [4.69, 9.17) is 21.4 Å². The number of carboxylic acid groups (broad SMARTS) is 1. The van der Waals surface area contributed by atoms with Crippen molar-refractivity contribution in [2.75, 3.05) is 13.7 Å². The van der Waals surface area contributed by atoms with Crippen LogP contribution in [0.15, 0.2) is 18.2 Å². The van der Waals surface area contributed by atoms with Crippen molar-refractivity contribution in [2.24, 2.45) is 0 Å². The van der Waals surface area contributed by atoms with Crippen LogP contribution in [0.3, 0.4) is 0 Å². The molecule has 0 heterocycles. The van der Waals surface area contributed by atoms with Crippen LogP contribution in [0, 0.1) is 10.1 Å². The van der Waals surface area contributed by atoms with Gasteiger partial charge >= 0.3 is 5.97 Å². The summed E-state index contributed by atoms with van der Waals surface area (Å²) in [5.74, 6) is -1.85. The molecule has 0 radical (unpaired) electrons. The van der Waals surface area contributed by atoms with Crippen molar-refractivity contribution in [2.45, 2.75) is 12.5 Å². The Hall–Kier alpha value is -2.19. The number of nitro benzene ring substituents is 1. The fraction of sp³-hybridized carbons (Fsp3) is 0.333. The largest absolute Gasteiger partial charge is 0.481 e. The van der Waals surface area contributed by atoms with Gasteiger partial charge in [0.25, 0.3) is 11.6 Å². The fourth-order valence-corrected chi connectivity index (χ4v) is 1.87. The van der Waals surface area contributed by atoms with Gasteiger partial charge in [0.15, 0.2) is 0 Å². The molecule has 1 aromatic carbocycles. The van der Waals surface area contributed by atoms with E-state index in [1.807, 2.05) is 0 Å². The van der Waals surface area contributed by atoms with Crippen molar-refractivity contribution in [3.63, 3.8) is 0 Å². The van der Waals surface area contributed by atoms with Crippen LogP contribution >= 0.6 is 11.6 Å². The lowest BCUT2D eigenvalue weighted by molar-refractivity contribution is -0.385. The molecule has 9 heteroatoms. The molecule has 1 amide bonds. The maximum Gasteiger partial charge on any atom is 0.306 e. The number of hydrogen-bond donors (Lipinski definition) is 2. The third kappa shape index (κ3) is 4.69. The zero-order chi connectivity index (χ0) is 16.0. The molecule has 2 N–H and O–H groups in total. The highest BCUT2D eigenvalue weighted by atomic mass is 35.5. The number of carbonyl (C=O) groups is 2. The number of nitrogens with one attached hydrogen (secondary N) is 1. The van der Waals surface area contributed by atoms with Gasteiger partial charge in [-0.3, -0.25) is 19.7 Å². The van der Waals surface area contributed by atoms with Crippen LogP contribution < -0.4 is 5.32 Å². The number of hydrogen-bond acceptors (Lipinski definition) is 5. The van der Waals surface area contributed by atoms with Gasteiger partial charge < -0.3 is 15.2 Å². The second kappa shape index (κ2) is 7.55. The van der Waals surface area contributed by atoms with E-state index in [9.17, 15) is 19.7 Å². The average Bonchev–Trinajstić information content (AvgIpc) is 2.42. The summed E-state index contributed by atoms with van der Waals surface area (Å²) < 4.78 is 4.89. The van der Waals surface area contributed by atoms with E-state index in [2.05, 4.69) is 5.32 Å². The van der Waals surface area contributed by atoms with E-state index in [-0.39, 0.29) is 23.6 Å². The predicted molar refractivity (Wildman–Crippen MR) is 73.5 cm³/mol. The summed E-state index contributed by atoms with van der Waals surface area (Å²) in [6, 6.07) is 3.87. The molecule has 0 saturated carbocycles. The third-order valence-corrected chi connectivity index (χ3v) is 2.96. The minimum absolute atomic E-state index is 0.0612. The van der Waals surface area contributed by atoms with Gasteiger partial charge in [0.1, 0.15) is 5.56 Å². The number of benzene rings is 1. The zero-order valence-corrected chi connectivity index (χ0v) is 11.8. The SMILES string of the molecule is COC(CNC(=O)c1c(Cl)cccc1[N+](=O)[O-])CC(=O)O. The number of nitrogens with zero attached hydrogens (tertiary/aromatic N) is 1. The fourth-order valence-electron chi connectivity index (χ4n) is 1.62. The molecule has 0 aliphatic rings. The summed E-state index contributed by atoms with van der Waals surface area (Å²) in [6.45, 7) is -0.107. The molecule has 1 atom stereocenters. The number of rotatable bonds is 7. The summed E-state index contributed by atoms with van der Waals surface area (Å²) in [5.41, 5.74) is -0.693. The summed E-state index contributed by atoms with van der Waals surface area (Å²) in [7, 11) is 1.30. The van der Waals surface area contributed by atoms with Gasteiger partial charge in [-0.25, -0.2) is 0 Å². The molecule has 1 unspecified atom stereocenters. The van der Waals surface area contributed by atoms with Crippen LogP contribution in [0.4, 0.5) is 5.69 Å². The van der Waals surface area contributed by atoms with Crippen molar-refractivity contribution < 1.29 is 24.4 Å². The maximum absolute atomic E-state index is 12.0. The minimum atomic E-state index is -1.08. The number of amides is 1. The number of carbonyl (C=O) groups excluding carboxylic acids is 1. The number of halogens is 1. The first-order valence-corrected chi connectivity index (χ1v) is 6.20. The van der Waals surface area contributed by atoms with E-state index < -0.39 is 28.6 Å². The van der Waals surface area contributed by atoms with Gasteiger partial charge in [-0.2, -0.15) is 0 Å². The molecule has 1 aromatic rings. The Morgan fingerprint density at radius 1 is 1.52 bits per heavy atom. The van der Waals surface area contributed by atoms with E-state index in [1.54, 1.807) is 0 Å². The maximum atomic E-state index is 12.0. The molecular formula is C12H13ClN2O6. The summed E-state index contributed by atoms with van der Waals surface area (Å²) in [4.78, 5) is 32.7. The zero-order valence-electron chi connectivity index (χ0n) is 11.0. The molecule has 0 aliphatic heterocycles. The molecule has 0 saturated heterocycles. The lowest BCUT2D eigenvalue weighted by Gasteiger charge is -2.14. The second-order valence-corrected chi connectivity index (χ2v) is 4.46. The molecule has 21 heavy (non-hydrogen) atoms. The number of methoxy groups -OCH3 is 1. The number of nitro groups is 1. The highest BCUT2D eigenvalue weighted by Gasteiger charge is 2.24. The summed E-state index contributed by atoms with van der Waals surface area (Å²) >= 11 is 5.81. The summed E-state index contributed by atoms with van der Waals surface area (Å²) in [6.07, 6.45) is -1.05. The van der Waals surface area contributed by atoms with Gasteiger partial charge in [0, 0.05) is 19.7 Å². The van der Waals surface area contributed by atoms with Crippen LogP contribution in [-0.2, 0) is 9.53 Å². The average molecular weight is 317 g/mol. The molecule has 0 bridgehead atoms. The molecule has 0 fully saturated rings. The predicted octanol–water partition coefficient (Wildman–Crippen LogP) is 1.47. The smallest absolute Gasteiger partial charge is 0.306 e. The van der Waals surface area contributed by atoms with Gasteiger partial charge in [-0.05, 0) is 6.07 Å². The molecule has 0 aromatic heterocycles. The van der Waals surface area contributed by atoms with Crippen molar-refractivity contribution >= 4 is 29.2 Å². The van der Waals surface area contributed by atoms with Gasteiger partial charge in [-0.15, -0.1) is 0 Å². The number of carboxylic acids is 1. The van der Waals surface area contributed by atoms with Crippen LogP contribution in [0.2, 0.25) is 5.02 Å². The molecule has 0 aliphatic carbocycles. The Morgan fingerprint density at radius 2 is 2.19 bits per heavy atom. The van der Waals surface area contributed by atoms with E-state index in [1.165, 1.54) is 19.2 Å². The van der Waals surface area contributed by atoms with Crippen LogP contribution in [0.1, 0.15) is 16.8 Å². The normalized spacial score (nSPS) is 11.7. The quantitative estimate of drug-likeness (QED) is 0.580. The van der Waals surface area contributed by atoms with Crippen molar-refractivity contribution in [1.82, 2.24) is 5.32 Å². The second-order valence-electron chi connectivity index (χ2n) is 4.06. The Balaban J connectivity index is 2.85. The highest BCUT2D eigenvalue weighted by Crippen LogP contribution is 2.25. The van der Waals surface area contributed by atoms with Crippen molar-refractivity contribution in [1.29, 1.82) is 0 Å². The molecule has 114 valence electrons. The van der Waals surface area contributed by atoms with Crippen LogP contribution in [0.25, 0.3) is 0 Å². The van der Waals surface area contributed by atoms with E-state index >= 15 is 0 Å². The standard InChI is InChI=1S/C12H13ClN2O6/c1-21-7(5-10(16)17)6-14-12(18)11-8(13)3-2-4-9(11)15(19)20/h2-4,7H,5-6H2,1H3,(H,14,18)(H,16,17). The Morgan fingerprint density at radius 3 is 2.71 bits per heavy atom. The summed E-state index contributed by atoms with van der Waals surface area (Å²) in [5, 5.41) is 21.9. The third-order valence-electron chi connectivity index (χ3n) is 2.64. The first kappa shape index (κ1) is 16.9. The first-order valence-electron chi connectivity index (χ1n) is 5.82. The van der Waals surface area contributed by atoms with Gasteiger partial charge in [0.2, 0.25) is 0 Å². The number of aliphatic carboxylic acids is 1. The molecular weight excluding hydrogens is 304 g/mol. The van der Waals surface area contributed by atoms with Crippen molar-refractivity contribution in [3.05, 3.63) is 38.9 Å². The monoisotopic (exact) mass is 316 g/mol. The highest BCUT2D eigenvalue weighted by molar-refractivity contribution is 6.34.